The molecule has 0 saturated carbocycles. The van der Waals surface area contributed by atoms with E-state index >= 15 is 0 Å². The minimum absolute atomic E-state index is 0.0295. The molecule has 1 unspecified atom stereocenters. The van der Waals surface area contributed by atoms with Crippen molar-refractivity contribution >= 4 is 27.6 Å². The molecular weight excluding hydrogens is 394 g/mol. The number of hydrogen-bond acceptors (Lipinski definition) is 6. The Hall–Kier alpha value is -3.22. The van der Waals surface area contributed by atoms with Crippen LogP contribution in [-0.4, -0.2) is 51.3 Å². The summed E-state index contributed by atoms with van der Waals surface area (Å²) in [7, 11) is -1.41. The zero-order valence-electron chi connectivity index (χ0n) is 15.9. The van der Waals surface area contributed by atoms with E-state index in [4.69, 9.17) is 10.00 Å². The van der Waals surface area contributed by atoms with Crippen LogP contribution < -0.4 is 4.90 Å². The Morgan fingerprint density at radius 3 is 2.48 bits per heavy atom. The fourth-order valence-electron chi connectivity index (χ4n) is 3.25. The fourth-order valence-corrected chi connectivity index (χ4v) is 4.37. The number of likely N-dealkylation sites (N-methyl/N-ethyl adjacent to an activating group) is 1. The summed E-state index contributed by atoms with van der Waals surface area (Å²) in [5.41, 5.74) is 1.71. The van der Waals surface area contributed by atoms with Gasteiger partial charge in [0.15, 0.2) is 0 Å². The number of sulfonamides is 1. The number of carbonyl (C=O) groups is 2. The highest BCUT2D eigenvalue weighted by atomic mass is 32.2. The first-order chi connectivity index (χ1) is 13.8. The summed E-state index contributed by atoms with van der Waals surface area (Å²) < 4.78 is 31.3. The minimum Gasteiger partial charge on any atom is -0.467 e. The highest BCUT2D eigenvalue weighted by Gasteiger charge is 2.39. The van der Waals surface area contributed by atoms with Gasteiger partial charge in [0.1, 0.15) is 6.04 Å². The zero-order chi connectivity index (χ0) is 21.2. The maximum absolute atomic E-state index is 13.0. The number of nitrogens with zero attached hydrogens (tertiary/aromatic N) is 3. The van der Waals surface area contributed by atoms with Crippen molar-refractivity contribution in [3.05, 3.63) is 59.7 Å². The molecule has 150 valence electrons. The predicted molar refractivity (Wildman–Crippen MR) is 104 cm³/mol. The molecule has 0 spiro atoms. The van der Waals surface area contributed by atoms with Crippen LogP contribution in [0.25, 0.3) is 0 Å². The summed E-state index contributed by atoms with van der Waals surface area (Å²) >= 11 is 0. The van der Waals surface area contributed by atoms with Gasteiger partial charge in [0.25, 0.3) is 0 Å². The Balaban J connectivity index is 1.85. The molecule has 29 heavy (non-hydrogen) atoms. The van der Waals surface area contributed by atoms with E-state index in [1.807, 2.05) is 18.2 Å². The van der Waals surface area contributed by atoms with Gasteiger partial charge >= 0.3 is 5.97 Å². The second-order valence-corrected chi connectivity index (χ2v) is 8.58. The molecule has 1 amide bonds. The van der Waals surface area contributed by atoms with Gasteiger partial charge in [-0.3, -0.25) is 9.69 Å². The van der Waals surface area contributed by atoms with Gasteiger partial charge in [-0.15, -0.1) is 0 Å². The van der Waals surface area contributed by atoms with Gasteiger partial charge in [-0.25, -0.2) is 13.2 Å². The van der Waals surface area contributed by atoms with Crippen molar-refractivity contribution in [1.82, 2.24) is 4.31 Å². The van der Waals surface area contributed by atoms with Crippen LogP contribution in [0.4, 0.5) is 5.69 Å². The molecule has 0 saturated heterocycles. The van der Waals surface area contributed by atoms with E-state index < -0.39 is 34.5 Å². The second kappa shape index (κ2) is 8.03. The van der Waals surface area contributed by atoms with Crippen LogP contribution in [-0.2, 0) is 30.8 Å². The van der Waals surface area contributed by atoms with Crippen LogP contribution in [0.1, 0.15) is 11.1 Å². The summed E-state index contributed by atoms with van der Waals surface area (Å²) in [5.74, 6) is -1.10. The van der Waals surface area contributed by atoms with Crippen LogP contribution in [0, 0.1) is 11.3 Å². The first-order valence-electron chi connectivity index (χ1n) is 8.74. The number of nitriles is 1. The van der Waals surface area contributed by atoms with Gasteiger partial charge in [-0.1, -0.05) is 18.2 Å². The highest BCUT2D eigenvalue weighted by molar-refractivity contribution is 7.89. The first-order valence-corrected chi connectivity index (χ1v) is 10.2. The predicted octanol–water partition coefficient (Wildman–Crippen LogP) is 1.31. The number of ether oxygens (including phenoxy) is 1. The molecule has 9 heteroatoms. The van der Waals surface area contributed by atoms with Crippen LogP contribution >= 0.6 is 0 Å². The molecule has 0 fully saturated rings. The molecule has 1 aliphatic heterocycles. The molecule has 0 aliphatic carbocycles. The van der Waals surface area contributed by atoms with Gasteiger partial charge < -0.3 is 4.74 Å². The number of anilines is 1. The van der Waals surface area contributed by atoms with E-state index in [1.165, 1.54) is 43.3 Å². The summed E-state index contributed by atoms with van der Waals surface area (Å²) in [5, 5.41) is 8.85. The lowest BCUT2D eigenvalue weighted by atomic mass is 10.1. The van der Waals surface area contributed by atoms with Crippen molar-refractivity contribution in [1.29, 1.82) is 5.26 Å². The lowest BCUT2D eigenvalue weighted by molar-refractivity contribution is -0.143. The SMILES string of the molecule is COC(=O)C1Cc2ccccc2N1C(=O)CN(C)S(=O)(=O)c1ccc(C#N)cc1. The number of rotatable bonds is 5. The summed E-state index contributed by atoms with van der Waals surface area (Å²) in [6, 6.07) is 13.6. The normalized spacial score (nSPS) is 15.7. The van der Waals surface area contributed by atoms with Gasteiger partial charge in [-0.05, 0) is 35.9 Å². The smallest absolute Gasteiger partial charge is 0.329 e. The van der Waals surface area contributed by atoms with Gasteiger partial charge in [0, 0.05) is 19.2 Å². The topological polar surface area (TPSA) is 108 Å². The van der Waals surface area contributed by atoms with Crippen LogP contribution in [0.3, 0.4) is 0 Å². The molecule has 0 bridgehead atoms. The van der Waals surface area contributed by atoms with Crippen LogP contribution in [0.15, 0.2) is 53.4 Å². The zero-order valence-corrected chi connectivity index (χ0v) is 16.7. The number of benzene rings is 2. The van der Waals surface area contributed by atoms with Crippen molar-refractivity contribution < 1.29 is 22.7 Å². The number of methoxy groups -OCH3 is 1. The van der Waals surface area contributed by atoms with Gasteiger partial charge in [-0.2, -0.15) is 9.57 Å². The Kier molecular flexibility index (Phi) is 5.68. The van der Waals surface area contributed by atoms with E-state index in [0.29, 0.717) is 17.7 Å². The first kappa shape index (κ1) is 20.5. The molecule has 1 aliphatic rings. The monoisotopic (exact) mass is 413 g/mol. The third-order valence-corrected chi connectivity index (χ3v) is 6.59. The van der Waals surface area contributed by atoms with E-state index in [1.54, 1.807) is 12.1 Å². The Labute approximate surface area is 169 Å². The molecular formula is C20H19N3O5S. The molecule has 2 aromatic rings. The van der Waals surface area contributed by atoms with E-state index in [-0.39, 0.29) is 4.90 Å². The molecule has 0 radical (unpaired) electrons. The number of carbonyl (C=O) groups excluding carboxylic acids is 2. The van der Waals surface area contributed by atoms with Crippen LogP contribution in [0.5, 0.6) is 0 Å². The molecule has 2 aromatic carbocycles. The van der Waals surface area contributed by atoms with E-state index in [0.717, 1.165) is 9.87 Å². The minimum atomic E-state index is -3.95. The van der Waals surface area contributed by atoms with Crippen molar-refractivity contribution in [3.63, 3.8) is 0 Å². The van der Waals surface area contributed by atoms with Crippen molar-refractivity contribution in [2.45, 2.75) is 17.4 Å². The average molecular weight is 413 g/mol. The van der Waals surface area contributed by atoms with Crippen molar-refractivity contribution in [2.24, 2.45) is 0 Å². The molecule has 1 atom stereocenters. The average Bonchev–Trinajstić information content (AvgIpc) is 3.12. The Morgan fingerprint density at radius 2 is 1.86 bits per heavy atom. The maximum atomic E-state index is 13.0. The standard InChI is InChI=1S/C20H19N3O5S/c1-22(29(26,27)16-9-7-14(12-21)8-10-16)13-19(24)23-17-6-4-3-5-15(17)11-18(23)20(25)28-2/h3-10,18H,11,13H2,1-2H3. The molecule has 0 N–H and O–H groups in total. The largest absolute Gasteiger partial charge is 0.467 e. The Bertz CT molecular complexity index is 1090. The lowest BCUT2D eigenvalue weighted by Gasteiger charge is -2.26. The lowest BCUT2D eigenvalue weighted by Crippen LogP contribution is -2.48. The number of para-hydroxylation sites is 1. The molecule has 8 nitrogen and oxygen atoms in total. The number of esters is 1. The van der Waals surface area contributed by atoms with E-state index in [2.05, 4.69) is 0 Å². The fraction of sp³-hybridized carbons (Fsp3) is 0.250. The van der Waals surface area contributed by atoms with Crippen LogP contribution in [0.2, 0.25) is 0 Å². The summed E-state index contributed by atoms with van der Waals surface area (Å²) in [6.07, 6.45) is 0.306. The maximum Gasteiger partial charge on any atom is 0.329 e. The molecule has 3 rings (SSSR count). The molecule has 1 heterocycles. The third-order valence-electron chi connectivity index (χ3n) is 4.77. The van der Waals surface area contributed by atoms with Crippen molar-refractivity contribution in [3.8, 4) is 6.07 Å². The number of amides is 1. The van der Waals surface area contributed by atoms with Crippen molar-refractivity contribution in [2.75, 3.05) is 25.6 Å². The Morgan fingerprint density at radius 1 is 1.21 bits per heavy atom. The quantitative estimate of drug-likeness (QED) is 0.684. The summed E-state index contributed by atoms with van der Waals surface area (Å²) in [4.78, 5) is 26.5. The van der Waals surface area contributed by atoms with E-state index in [9.17, 15) is 18.0 Å². The number of fused-ring (bicyclic) bond motifs is 1. The highest BCUT2D eigenvalue weighted by Crippen LogP contribution is 2.33. The number of hydrogen-bond donors (Lipinski definition) is 0. The van der Waals surface area contributed by atoms with Gasteiger partial charge in [0.05, 0.1) is 30.2 Å². The van der Waals surface area contributed by atoms with Gasteiger partial charge in [0.2, 0.25) is 15.9 Å². The second-order valence-electron chi connectivity index (χ2n) is 6.53. The summed E-state index contributed by atoms with van der Waals surface area (Å²) in [6.45, 7) is -0.454. The molecule has 0 aromatic heterocycles. The third kappa shape index (κ3) is 3.85.